The minimum atomic E-state index is 0.389. The van der Waals surface area contributed by atoms with Gasteiger partial charge >= 0.3 is 0 Å². The quantitative estimate of drug-likeness (QED) is 0.234. The zero-order valence-corrected chi connectivity index (χ0v) is 20.8. The van der Waals surface area contributed by atoms with Crippen LogP contribution in [0.25, 0.3) is 33.9 Å². The summed E-state index contributed by atoms with van der Waals surface area (Å²) in [5.41, 5.74) is 9.42. The van der Waals surface area contributed by atoms with E-state index < -0.39 is 0 Å². The number of H-pyrrole nitrogens is 1. The second-order valence-corrected chi connectivity index (χ2v) is 9.52. The van der Waals surface area contributed by atoms with E-state index in [1.807, 2.05) is 4.52 Å². The van der Waals surface area contributed by atoms with E-state index in [1.54, 1.807) is 6.33 Å². The lowest BCUT2D eigenvalue weighted by atomic mass is 9.95. The molecular weight excluding hydrogens is 430 g/mol. The predicted molar refractivity (Wildman–Crippen MR) is 146 cm³/mol. The number of hydrogen-bond acceptors (Lipinski definition) is 3. The average molecular weight is 464 g/mol. The van der Waals surface area contributed by atoms with Gasteiger partial charge in [0.15, 0.2) is 5.65 Å². The molecule has 178 valence electrons. The Morgan fingerprint density at radius 3 is 2.77 bits per heavy atom. The highest BCUT2D eigenvalue weighted by atomic mass is 15.3. The molecule has 35 heavy (non-hydrogen) atoms. The summed E-state index contributed by atoms with van der Waals surface area (Å²) in [6.07, 6.45) is 10.4. The van der Waals surface area contributed by atoms with Gasteiger partial charge in [-0.1, -0.05) is 62.4 Å². The minimum Gasteiger partial charge on any atom is -0.354 e. The number of nitrogens with zero attached hydrogens (tertiary/aromatic N) is 3. The van der Waals surface area contributed by atoms with Gasteiger partial charge in [0.1, 0.15) is 6.33 Å². The molecule has 0 aliphatic carbocycles. The number of benzene rings is 2. The Balaban J connectivity index is 1.30. The summed E-state index contributed by atoms with van der Waals surface area (Å²) in [5.74, 6) is 0.389. The molecule has 0 saturated carbocycles. The lowest BCUT2D eigenvalue weighted by Gasteiger charge is -2.10. The molecule has 0 spiro atoms. The molecule has 0 bridgehead atoms. The van der Waals surface area contributed by atoms with E-state index in [4.69, 9.17) is 0 Å². The first-order valence-corrected chi connectivity index (χ1v) is 12.5. The smallest absolute Gasteiger partial charge is 0.158 e. The number of aryl methyl sites for hydroxylation is 1. The van der Waals surface area contributed by atoms with E-state index in [0.717, 1.165) is 42.7 Å². The fourth-order valence-electron chi connectivity index (χ4n) is 4.78. The highest BCUT2D eigenvalue weighted by molar-refractivity contribution is 5.93. The van der Waals surface area contributed by atoms with Gasteiger partial charge < -0.3 is 10.3 Å². The van der Waals surface area contributed by atoms with Crippen molar-refractivity contribution in [1.82, 2.24) is 24.9 Å². The van der Waals surface area contributed by atoms with Crippen LogP contribution in [0.15, 0.2) is 73.2 Å². The molecule has 0 unspecified atom stereocenters. The van der Waals surface area contributed by atoms with Crippen LogP contribution >= 0.6 is 0 Å². The van der Waals surface area contributed by atoms with E-state index in [0.29, 0.717) is 5.92 Å². The molecule has 5 heteroatoms. The van der Waals surface area contributed by atoms with Crippen molar-refractivity contribution in [2.75, 3.05) is 6.54 Å². The summed E-state index contributed by atoms with van der Waals surface area (Å²) in [6.45, 7) is 8.56. The van der Waals surface area contributed by atoms with E-state index in [1.165, 1.54) is 33.3 Å². The first-order valence-electron chi connectivity index (χ1n) is 12.5. The molecule has 5 nitrogen and oxygen atoms in total. The van der Waals surface area contributed by atoms with Gasteiger partial charge in [-0.25, -0.2) is 9.50 Å². The topological polar surface area (TPSA) is 58.0 Å². The number of fused-ring (bicyclic) bond motifs is 2. The molecule has 0 saturated heterocycles. The molecular formula is C30H33N5. The zero-order chi connectivity index (χ0) is 24.2. The third-order valence-electron chi connectivity index (χ3n) is 6.49. The van der Waals surface area contributed by atoms with Crippen molar-refractivity contribution in [2.45, 2.75) is 46.1 Å². The molecule has 0 atom stereocenters. The lowest BCUT2D eigenvalue weighted by molar-refractivity contribution is 0.655. The van der Waals surface area contributed by atoms with E-state index >= 15 is 0 Å². The Morgan fingerprint density at radius 2 is 1.94 bits per heavy atom. The minimum absolute atomic E-state index is 0.389. The average Bonchev–Trinajstić information content (AvgIpc) is 3.49. The monoisotopic (exact) mass is 463 g/mol. The molecule has 0 radical (unpaired) electrons. The fourth-order valence-corrected chi connectivity index (χ4v) is 4.78. The van der Waals surface area contributed by atoms with E-state index in [9.17, 15) is 0 Å². The number of allylic oxidation sites excluding steroid dienone is 1. The third kappa shape index (κ3) is 5.05. The van der Waals surface area contributed by atoms with Gasteiger partial charge in [0.05, 0.1) is 5.69 Å². The normalized spacial score (nSPS) is 12.0. The fraction of sp³-hybridized carbons (Fsp3) is 0.267. The summed E-state index contributed by atoms with van der Waals surface area (Å²) in [6, 6.07) is 19.5. The third-order valence-corrected chi connectivity index (χ3v) is 6.49. The number of hydrogen-bond donors (Lipinski definition) is 2. The molecule has 5 rings (SSSR count). The standard InChI is InChI=1S/C30H33N5/c1-21(2)28-26-17-23(10-8-5-9-15-31-18-24-11-6-4-7-12-24)13-14-27(26)34-29(28)25-16-22(3)30-32-20-33-35(30)19-25/h4,6-8,10-14,16-17,19-21,31,34H,5,9,15,18H2,1-3H3/b10-8+. The second-order valence-electron chi connectivity index (χ2n) is 9.52. The van der Waals surface area contributed by atoms with Gasteiger partial charge in [-0.05, 0) is 72.7 Å². The van der Waals surface area contributed by atoms with Crippen LogP contribution in [0.2, 0.25) is 0 Å². The molecule has 2 N–H and O–H groups in total. The number of aromatic amines is 1. The van der Waals surface area contributed by atoms with Crippen LogP contribution in [0.4, 0.5) is 0 Å². The van der Waals surface area contributed by atoms with Gasteiger partial charge in [-0.2, -0.15) is 5.10 Å². The maximum atomic E-state index is 4.36. The van der Waals surface area contributed by atoms with Crippen molar-refractivity contribution >= 4 is 22.6 Å². The SMILES string of the molecule is Cc1cc(-c2[nH]c3ccc(/C=C/CCCNCc4ccccc4)cc3c2C(C)C)cn2ncnc12. The van der Waals surface area contributed by atoms with Crippen molar-refractivity contribution in [3.05, 3.63) is 95.5 Å². The van der Waals surface area contributed by atoms with Crippen LogP contribution in [-0.2, 0) is 6.54 Å². The van der Waals surface area contributed by atoms with Crippen molar-refractivity contribution in [3.63, 3.8) is 0 Å². The maximum absolute atomic E-state index is 4.36. The summed E-state index contributed by atoms with van der Waals surface area (Å²) < 4.78 is 1.86. The molecule has 0 fully saturated rings. The largest absolute Gasteiger partial charge is 0.354 e. The Morgan fingerprint density at radius 1 is 1.09 bits per heavy atom. The number of rotatable bonds is 9. The Kier molecular flexibility index (Phi) is 6.77. The summed E-state index contributed by atoms with van der Waals surface area (Å²) in [7, 11) is 0. The van der Waals surface area contributed by atoms with Gasteiger partial charge in [-0.15, -0.1) is 0 Å². The van der Waals surface area contributed by atoms with Crippen molar-refractivity contribution < 1.29 is 0 Å². The molecule has 3 heterocycles. The van der Waals surface area contributed by atoms with E-state index in [2.05, 4.69) is 114 Å². The van der Waals surface area contributed by atoms with Crippen LogP contribution in [-0.4, -0.2) is 26.1 Å². The number of unbranched alkanes of at least 4 members (excludes halogenated alkanes) is 1. The maximum Gasteiger partial charge on any atom is 0.158 e. The van der Waals surface area contributed by atoms with Gasteiger partial charge in [0.25, 0.3) is 0 Å². The highest BCUT2D eigenvalue weighted by Crippen LogP contribution is 2.36. The Bertz CT molecular complexity index is 1460. The number of aromatic nitrogens is 4. The van der Waals surface area contributed by atoms with E-state index in [-0.39, 0.29) is 0 Å². The first kappa shape index (κ1) is 23.1. The molecule has 5 aromatic rings. The summed E-state index contributed by atoms with van der Waals surface area (Å²) in [5, 5.41) is 9.18. The van der Waals surface area contributed by atoms with Gasteiger partial charge in [0, 0.05) is 29.2 Å². The summed E-state index contributed by atoms with van der Waals surface area (Å²) in [4.78, 5) is 8.04. The molecule has 2 aromatic carbocycles. The van der Waals surface area contributed by atoms with Crippen molar-refractivity contribution in [2.24, 2.45) is 0 Å². The van der Waals surface area contributed by atoms with Crippen LogP contribution in [0.5, 0.6) is 0 Å². The first-order chi connectivity index (χ1) is 17.1. The lowest BCUT2D eigenvalue weighted by Crippen LogP contribution is -2.14. The second kappa shape index (κ2) is 10.3. The highest BCUT2D eigenvalue weighted by Gasteiger charge is 2.17. The predicted octanol–water partition coefficient (Wildman–Crippen LogP) is 6.89. The van der Waals surface area contributed by atoms with Crippen LogP contribution in [0.1, 0.15) is 54.9 Å². The number of pyridine rings is 1. The Hall–Kier alpha value is -3.70. The molecule has 0 amide bonds. The zero-order valence-electron chi connectivity index (χ0n) is 20.8. The van der Waals surface area contributed by atoms with Gasteiger partial charge in [0.2, 0.25) is 0 Å². The number of nitrogens with one attached hydrogen (secondary N) is 2. The van der Waals surface area contributed by atoms with Crippen LogP contribution < -0.4 is 5.32 Å². The van der Waals surface area contributed by atoms with Crippen molar-refractivity contribution in [3.8, 4) is 11.3 Å². The van der Waals surface area contributed by atoms with Gasteiger partial charge in [-0.3, -0.25) is 0 Å². The van der Waals surface area contributed by atoms with Crippen LogP contribution in [0.3, 0.4) is 0 Å². The Labute approximate surface area is 206 Å². The van der Waals surface area contributed by atoms with Crippen molar-refractivity contribution in [1.29, 1.82) is 0 Å². The molecule has 0 aliphatic heterocycles. The summed E-state index contributed by atoms with van der Waals surface area (Å²) >= 11 is 0. The van der Waals surface area contributed by atoms with Crippen LogP contribution in [0, 0.1) is 6.92 Å². The molecule has 0 aliphatic rings. The molecule has 3 aromatic heterocycles.